The van der Waals surface area contributed by atoms with E-state index in [1.165, 1.54) is 6.21 Å². The molecule has 0 atom stereocenters. The molecule has 0 aliphatic rings. The number of carbonyl (C=O) groups excluding carboxylic acids is 2. The maximum absolute atomic E-state index is 12.8. The smallest absolute Gasteiger partial charge is 0.343 e. The molecule has 1 N–H and O–H groups in total. The van der Waals surface area contributed by atoms with Gasteiger partial charge in [0.1, 0.15) is 22.8 Å². The number of halogens is 2. The van der Waals surface area contributed by atoms with E-state index < -0.39 is 11.9 Å². The van der Waals surface area contributed by atoms with Crippen molar-refractivity contribution in [2.45, 2.75) is 6.92 Å². The van der Waals surface area contributed by atoms with Gasteiger partial charge in [-0.3, -0.25) is 4.79 Å². The number of esters is 1. The second kappa shape index (κ2) is 10.6. The standard InChI is InChI=1S/C25H17Br2N3O4/c1-15-22(23(30-34-15)16-5-3-2-4-6-16)24(31)29-28-14-18-13-20(27)11-12-21(18)33-25(32)17-7-9-19(26)10-8-17/h2-14H,1H3,(H,29,31). The number of rotatable bonds is 6. The fraction of sp³-hybridized carbons (Fsp3) is 0.0400. The molecule has 1 aromatic heterocycles. The third-order valence-electron chi connectivity index (χ3n) is 4.76. The first-order valence-corrected chi connectivity index (χ1v) is 11.6. The van der Waals surface area contributed by atoms with E-state index in [4.69, 9.17) is 9.26 Å². The number of hydrogen-bond acceptors (Lipinski definition) is 6. The molecular formula is C25H17Br2N3O4. The molecule has 0 bridgehead atoms. The summed E-state index contributed by atoms with van der Waals surface area (Å²) in [5.74, 6) is -0.322. The number of benzene rings is 3. The minimum absolute atomic E-state index is 0.291. The van der Waals surface area contributed by atoms with Crippen LogP contribution in [-0.2, 0) is 0 Å². The van der Waals surface area contributed by atoms with Gasteiger partial charge in [0.15, 0.2) is 0 Å². The van der Waals surface area contributed by atoms with Crippen molar-refractivity contribution in [1.82, 2.24) is 10.6 Å². The number of ether oxygens (including phenoxy) is 1. The number of amides is 1. The summed E-state index contributed by atoms with van der Waals surface area (Å²) in [7, 11) is 0. The predicted molar refractivity (Wildman–Crippen MR) is 135 cm³/mol. The third kappa shape index (κ3) is 5.49. The van der Waals surface area contributed by atoms with E-state index in [-0.39, 0.29) is 0 Å². The fourth-order valence-electron chi connectivity index (χ4n) is 3.11. The fourth-order valence-corrected chi connectivity index (χ4v) is 3.75. The Hall–Kier alpha value is -3.56. The maximum Gasteiger partial charge on any atom is 0.343 e. The first-order valence-electron chi connectivity index (χ1n) is 10.0. The van der Waals surface area contributed by atoms with Crippen molar-refractivity contribution in [3.8, 4) is 17.0 Å². The number of nitrogens with zero attached hydrogens (tertiary/aromatic N) is 2. The van der Waals surface area contributed by atoms with Gasteiger partial charge in [-0.25, -0.2) is 10.2 Å². The molecule has 7 nitrogen and oxygen atoms in total. The molecule has 34 heavy (non-hydrogen) atoms. The van der Waals surface area contributed by atoms with E-state index in [0.29, 0.717) is 33.9 Å². The van der Waals surface area contributed by atoms with Gasteiger partial charge in [-0.15, -0.1) is 0 Å². The van der Waals surface area contributed by atoms with Crippen molar-refractivity contribution >= 4 is 50.0 Å². The molecule has 4 aromatic rings. The second-order valence-electron chi connectivity index (χ2n) is 7.11. The molecule has 0 spiro atoms. The van der Waals surface area contributed by atoms with Crippen LogP contribution in [0.15, 0.2) is 91.4 Å². The lowest BCUT2D eigenvalue weighted by Crippen LogP contribution is -2.19. The van der Waals surface area contributed by atoms with Crippen LogP contribution in [0, 0.1) is 6.92 Å². The monoisotopic (exact) mass is 581 g/mol. The number of hydrazone groups is 1. The zero-order chi connectivity index (χ0) is 24.1. The van der Waals surface area contributed by atoms with Crippen LogP contribution in [0.2, 0.25) is 0 Å². The molecule has 9 heteroatoms. The average Bonchev–Trinajstić information content (AvgIpc) is 3.23. The topological polar surface area (TPSA) is 93.8 Å². The van der Waals surface area contributed by atoms with Gasteiger partial charge < -0.3 is 9.26 Å². The van der Waals surface area contributed by atoms with Crippen LogP contribution in [-0.4, -0.2) is 23.2 Å². The first-order chi connectivity index (χ1) is 16.4. The summed E-state index contributed by atoms with van der Waals surface area (Å²) in [6, 6.07) is 21.2. The first kappa shape index (κ1) is 23.6. The highest BCUT2D eigenvalue weighted by atomic mass is 79.9. The van der Waals surface area contributed by atoms with Gasteiger partial charge in [0, 0.05) is 20.1 Å². The van der Waals surface area contributed by atoms with Gasteiger partial charge >= 0.3 is 5.97 Å². The molecule has 0 radical (unpaired) electrons. The van der Waals surface area contributed by atoms with E-state index in [2.05, 4.69) is 47.5 Å². The summed E-state index contributed by atoms with van der Waals surface area (Å²) in [5.41, 5.74) is 4.86. The van der Waals surface area contributed by atoms with Gasteiger partial charge in [0.05, 0.1) is 11.8 Å². The lowest BCUT2D eigenvalue weighted by Gasteiger charge is -2.08. The Balaban J connectivity index is 1.52. The van der Waals surface area contributed by atoms with Crippen LogP contribution in [0.3, 0.4) is 0 Å². The Labute approximate surface area is 212 Å². The zero-order valence-corrected chi connectivity index (χ0v) is 21.0. The number of carbonyl (C=O) groups is 2. The van der Waals surface area contributed by atoms with Crippen LogP contribution >= 0.6 is 31.9 Å². The molecule has 0 fully saturated rings. The minimum Gasteiger partial charge on any atom is -0.422 e. The van der Waals surface area contributed by atoms with Crippen molar-refractivity contribution in [3.05, 3.63) is 104 Å². The average molecular weight is 583 g/mol. The third-order valence-corrected chi connectivity index (χ3v) is 5.78. The SMILES string of the molecule is Cc1onc(-c2ccccc2)c1C(=O)NN=Cc1cc(Br)ccc1OC(=O)c1ccc(Br)cc1. The molecule has 0 unspecified atom stereocenters. The Morgan fingerprint density at radius 3 is 2.44 bits per heavy atom. The van der Waals surface area contributed by atoms with Gasteiger partial charge in [0.25, 0.3) is 5.91 Å². The molecule has 0 aliphatic carbocycles. The van der Waals surface area contributed by atoms with E-state index in [1.54, 1.807) is 49.4 Å². The quantitative estimate of drug-likeness (QED) is 0.127. The van der Waals surface area contributed by atoms with Crippen LogP contribution in [0.4, 0.5) is 0 Å². The molecule has 4 rings (SSSR count). The van der Waals surface area contributed by atoms with Gasteiger partial charge in [0.2, 0.25) is 0 Å². The van der Waals surface area contributed by atoms with Crippen LogP contribution in [0.1, 0.15) is 32.0 Å². The summed E-state index contributed by atoms with van der Waals surface area (Å²) in [5, 5.41) is 8.07. The Morgan fingerprint density at radius 1 is 1.00 bits per heavy atom. The van der Waals surface area contributed by atoms with Crippen molar-refractivity contribution in [1.29, 1.82) is 0 Å². The lowest BCUT2D eigenvalue weighted by molar-refractivity contribution is 0.0734. The number of aromatic nitrogens is 1. The van der Waals surface area contributed by atoms with E-state index in [1.807, 2.05) is 30.3 Å². The van der Waals surface area contributed by atoms with E-state index in [9.17, 15) is 9.59 Å². The Bertz CT molecular complexity index is 1370. The largest absolute Gasteiger partial charge is 0.422 e. The van der Waals surface area contributed by atoms with Crippen LogP contribution in [0.25, 0.3) is 11.3 Å². The summed E-state index contributed by atoms with van der Waals surface area (Å²) >= 11 is 6.74. The molecule has 0 saturated carbocycles. The molecule has 170 valence electrons. The minimum atomic E-state index is -0.513. The van der Waals surface area contributed by atoms with Crippen molar-refractivity contribution in [2.24, 2.45) is 5.10 Å². The molecule has 0 aliphatic heterocycles. The molecule has 0 saturated heterocycles. The van der Waals surface area contributed by atoms with Crippen molar-refractivity contribution < 1.29 is 18.8 Å². The highest BCUT2D eigenvalue weighted by molar-refractivity contribution is 9.10. The highest BCUT2D eigenvalue weighted by Gasteiger charge is 2.21. The Kier molecular flexibility index (Phi) is 7.34. The number of aryl methyl sites for hydroxylation is 1. The van der Waals surface area contributed by atoms with E-state index in [0.717, 1.165) is 14.5 Å². The van der Waals surface area contributed by atoms with Gasteiger partial charge in [-0.2, -0.15) is 5.10 Å². The maximum atomic E-state index is 12.8. The molecular weight excluding hydrogens is 566 g/mol. The molecule has 1 amide bonds. The summed E-state index contributed by atoms with van der Waals surface area (Å²) < 4.78 is 12.4. The Morgan fingerprint density at radius 2 is 1.71 bits per heavy atom. The highest BCUT2D eigenvalue weighted by Crippen LogP contribution is 2.25. The number of nitrogens with one attached hydrogen (secondary N) is 1. The number of hydrogen-bond donors (Lipinski definition) is 1. The predicted octanol–water partition coefficient (Wildman–Crippen LogP) is 6.16. The summed E-state index contributed by atoms with van der Waals surface area (Å²) in [4.78, 5) is 25.4. The zero-order valence-electron chi connectivity index (χ0n) is 17.8. The summed E-state index contributed by atoms with van der Waals surface area (Å²) in [6.45, 7) is 1.66. The van der Waals surface area contributed by atoms with Crippen molar-refractivity contribution in [2.75, 3.05) is 0 Å². The van der Waals surface area contributed by atoms with Gasteiger partial charge in [-0.05, 0) is 49.4 Å². The second-order valence-corrected chi connectivity index (χ2v) is 8.94. The van der Waals surface area contributed by atoms with E-state index >= 15 is 0 Å². The van der Waals surface area contributed by atoms with Crippen LogP contribution < -0.4 is 10.2 Å². The molecule has 3 aromatic carbocycles. The summed E-state index contributed by atoms with van der Waals surface area (Å²) in [6.07, 6.45) is 1.40. The lowest BCUT2D eigenvalue weighted by atomic mass is 10.1. The molecule has 1 heterocycles. The normalized spacial score (nSPS) is 10.9. The van der Waals surface area contributed by atoms with Crippen molar-refractivity contribution in [3.63, 3.8) is 0 Å². The van der Waals surface area contributed by atoms with Gasteiger partial charge in [-0.1, -0.05) is 67.3 Å². The van der Waals surface area contributed by atoms with Crippen LogP contribution in [0.5, 0.6) is 5.75 Å².